The van der Waals surface area contributed by atoms with Crippen LogP contribution >= 0.6 is 7.26 Å². The van der Waals surface area contributed by atoms with Gasteiger partial charge in [0.05, 0.1) is 0 Å². The molecule has 0 aliphatic carbocycles. The molecule has 6 aromatic carbocycles. The van der Waals surface area contributed by atoms with E-state index in [2.05, 4.69) is 104 Å². The van der Waals surface area contributed by atoms with Crippen molar-refractivity contribution in [1.82, 2.24) is 0 Å². The minimum Gasteiger partial charge on any atom is -0.511 e. The van der Waals surface area contributed by atoms with E-state index < -0.39 is 14.6 Å². The van der Waals surface area contributed by atoms with Crippen molar-refractivity contribution in [3.05, 3.63) is 127 Å². The third-order valence-corrected chi connectivity index (χ3v) is 10.5. The SMILES string of the molecule is C[PH](C)(c1ccccc1)c1ccccc1.OB(O)Oc1cccc2ccc3cc4ccccc4cc3c12. The second-order valence-corrected chi connectivity index (χ2v) is 14.0. The molecule has 3 nitrogen and oxygen atoms in total. The monoisotopic (exact) mass is 504 g/mol. The predicted molar refractivity (Wildman–Crippen MR) is 162 cm³/mol. The number of hydrogen-bond donors (Lipinski definition) is 2. The van der Waals surface area contributed by atoms with E-state index >= 15 is 0 Å². The van der Waals surface area contributed by atoms with Crippen molar-refractivity contribution in [1.29, 1.82) is 0 Å². The first kappa shape index (κ1) is 25.0. The Balaban J connectivity index is 0.000000164. The second kappa shape index (κ2) is 10.7. The summed E-state index contributed by atoms with van der Waals surface area (Å²) in [4.78, 5) is 0. The Bertz CT molecular complexity index is 1610. The van der Waals surface area contributed by atoms with Crippen LogP contribution in [0.5, 0.6) is 5.75 Å². The molecule has 0 saturated heterocycles. The molecular formula is C32H30BO3P. The molecule has 6 aromatic rings. The minimum atomic E-state index is -1.83. The van der Waals surface area contributed by atoms with Gasteiger partial charge in [-0.15, -0.1) is 0 Å². The predicted octanol–water partition coefficient (Wildman–Crippen LogP) is 6.14. The van der Waals surface area contributed by atoms with Crippen LogP contribution in [0.25, 0.3) is 32.3 Å². The van der Waals surface area contributed by atoms with Crippen molar-refractivity contribution in [3.63, 3.8) is 0 Å². The molecule has 0 amide bonds. The molecule has 2 N–H and O–H groups in total. The summed E-state index contributed by atoms with van der Waals surface area (Å²) in [5.74, 6) is 0.466. The fraction of sp³-hybridized carbons (Fsp3) is 0.0625. The zero-order valence-electron chi connectivity index (χ0n) is 21.0. The molecule has 0 radical (unpaired) electrons. The third-order valence-electron chi connectivity index (χ3n) is 6.91. The molecule has 6 rings (SSSR count). The summed E-state index contributed by atoms with van der Waals surface area (Å²) in [6.07, 6.45) is 0. The zero-order chi connectivity index (χ0) is 25.8. The molecule has 184 valence electrons. The van der Waals surface area contributed by atoms with Gasteiger partial charge in [0.1, 0.15) is 5.75 Å². The van der Waals surface area contributed by atoms with Crippen LogP contribution in [0.4, 0.5) is 0 Å². The third kappa shape index (κ3) is 5.38. The van der Waals surface area contributed by atoms with Crippen LogP contribution in [0, 0.1) is 0 Å². The molecule has 0 aliphatic rings. The van der Waals surface area contributed by atoms with E-state index in [9.17, 15) is 0 Å². The second-order valence-electron chi connectivity index (χ2n) is 9.64. The topological polar surface area (TPSA) is 49.7 Å². The Kier molecular flexibility index (Phi) is 7.25. The Morgan fingerprint density at radius 2 is 1.05 bits per heavy atom. The molecule has 0 aromatic heterocycles. The van der Waals surface area contributed by atoms with E-state index in [1.807, 2.05) is 30.3 Å². The maximum absolute atomic E-state index is 9.14. The van der Waals surface area contributed by atoms with Gasteiger partial charge in [0.25, 0.3) is 0 Å². The smallest absolute Gasteiger partial charge is 0.511 e. The van der Waals surface area contributed by atoms with Crippen LogP contribution in [0.3, 0.4) is 0 Å². The van der Waals surface area contributed by atoms with E-state index in [0.717, 1.165) is 26.9 Å². The summed E-state index contributed by atoms with van der Waals surface area (Å²) in [7, 11) is -3.29. The number of hydrogen-bond acceptors (Lipinski definition) is 3. The van der Waals surface area contributed by atoms with Gasteiger partial charge in [-0.1, -0.05) is 48.5 Å². The maximum Gasteiger partial charge on any atom is 0.707 e. The van der Waals surface area contributed by atoms with Crippen molar-refractivity contribution in [2.45, 2.75) is 0 Å². The van der Waals surface area contributed by atoms with Crippen molar-refractivity contribution in [3.8, 4) is 5.75 Å². The van der Waals surface area contributed by atoms with Gasteiger partial charge < -0.3 is 14.7 Å². The summed E-state index contributed by atoms with van der Waals surface area (Å²) in [6, 6.07) is 43.8. The van der Waals surface area contributed by atoms with Crippen molar-refractivity contribution < 1.29 is 14.7 Å². The Morgan fingerprint density at radius 3 is 1.65 bits per heavy atom. The largest absolute Gasteiger partial charge is 0.707 e. The van der Waals surface area contributed by atoms with Gasteiger partial charge in [-0.3, -0.25) is 0 Å². The summed E-state index contributed by atoms with van der Waals surface area (Å²) in [5.41, 5.74) is 0. The summed E-state index contributed by atoms with van der Waals surface area (Å²) in [5, 5.41) is 27.6. The van der Waals surface area contributed by atoms with E-state index in [0.29, 0.717) is 5.75 Å². The average Bonchev–Trinajstić information content (AvgIpc) is 2.93. The Hall–Kier alpha value is -3.69. The van der Waals surface area contributed by atoms with E-state index in [1.54, 1.807) is 6.07 Å². The Labute approximate surface area is 218 Å². The fourth-order valence-electron chi connectivity index (χ4n) is 4.86. The van der Waals surface area contributed by atoms with Crippen LogP contribution in [0.15, 0.2) is 127 Å². The van der Waals surface area contributed by atoms with Gasteiger partial charge in [0, 0.05) is 5.39 Å². The maximum atomic E-state index is 9.14. The average molecular weight is 504 g/mol. The quantitative estimate of drug-likeness (QED) is 0.131. The van der Waals surface area contributed by atoms with E-state index in [1.165, 1.54) is 16.0 Å². The van der Waals surface area contributed by atoms with Gasteiger partial charge in [0.2, 0.25) is 0 Å². The molecule has 0 unspecified atom stereocenters. The molecule has 0 bridgehead atoms. The van der Waals surface area contributed by atoms with E-state index in [-0.39, 0.29) is 0 Å². The van der Waals surface area contributed by atoms with Crippen molar-refractivity contribution in [2.24, 2.45) is 0 Å². The number of fused-ring (bicyclic) bond motifs is 4. The van der Waals surface area contributed by atoms with Gasteiger partial charge in [-0.05, 0) is 45.1 Å². The van der Waals surface area contributed by atoms with Gasteiger partial charge in [-0.2, -0.15) is 0 Å². The van der Waals surface area contributed by atoms with Crippen molar-refractivity contribution >= 4 is 57.5 Å². The number of rotatable bonds is 4. The van der Waals surface area contributed by atoms with Crippen LogP contribution in [0.1, 0.15) is 0 Å². The molecule has 37 heavy (non-hydrogen) atoms. The molecule has 0 saturated carbocycles. The summed E-state index contributed by atoms with van der Waals surface area (Å²) >= 11 is 0. The minimum absolute atomic E-state index is 0.466. The van der Waals surface area contributed by atoms with Crippen LogP contribution in [-0.2, 0) is 0 Å². The molecule has 0 heterocycles. The van der Waals surface area contributed by atoms with Gasteiger partial charge in [-0.25, -0.2) is 0 Å². The molecule has 0 aliphatic heterocycles. The first-order valence-corrected chi connectivity index (χ1v) is 15.4. The normalized spacial score (nSPS) is 11.7. The first-order valence-electron chi connectivity index (χ1n) is 12.4. The van der Waals surface area contributed by atoms with Gasteiger partial charge >= 0.3 is 99.2 Å². The van der Waals surface area contributed by atoms with Crippen molar-refractivity contribution in [2.75, 3.05) is 13.3 Å². The molecule has 0 fully saturated rings. The van der Waals surface area contributed by atoms with Crippen LogP contribution < -0.4 is 15.3 Å². The fourth-order valence-corrected chi connectivity index (χ4v) is 7.24. The molecule has 0 spiro atoms. The zero-order valence-corrected chi connectivity index (χ0v) is 22.0. The first-order chi connectivity index (χ1) is 17.9. The molecular weight excluding hydrogens is 474 g/mol. The summed E-state index contributed by atoms with van der Waals surface area (Å²) in [6.45, 7) is 4.80. The summed E-state index contributed by atoms with van der Waals surface area (Å²) < 4.78 is 5.16. The molecule has 0 atom stereocenters. The number of benzene rings is 6. The Morgan fingerprint density at radius 1 is 0.541 bits per heavy atom. The van der Waals surface area contributed by atoms with Gasteiger partial charge in [0.15, 0.2) is 0 Å². The van der Waals surface area contributed by atoms with Crippen LogP contribution in [-0.4, -0.2) is 30.7 Å². The standard InChI is InChI=1S/C18H13BO3.C14H17P/c20-19(21)22-17-7-3-6-12-8-9-15-10-13-4-1-2-5-14(13)11-16(15)18(12)17;1-15(2,13-9-5-3-6-10-13)14-11-7-4-8-12-14/h1-11,20-21H;3-12,15H,1-2H3. The van der Waals surface area contributed by atoms with E-state index in [4.69, 9.17) is 14.7 Å². The van der Waals surface area contributed by atoms with Crippen LogP contribution in [0.2, 0.25) is 0 Å². The molecule has 5 heteroatoms.